The van der Waals surface area contributed by atoms with Crippen LogP contribution in [0.4, 0.5) is 0 Å². The van der Waals surface area contributed by atoms with Crippen LogP contribution in [0.3, 0.4) is 0 Å². The molecular formula is C11H17NO2. The summed E-state index contributed by atoms with van der Waals surface area (Å²) < 4.78 is 5.35. The molecule has 0 atom stereocenters. The van der Waals surface area contributed by atoms with Gasteiger partial charge in [-0.3, -0.25) is 4.79 Å². The lowest BCUT2D eigenvalue weighted by Gasteiger charge is -1.94. The molecule has 1 heterocycles. The highest BCUT2D eigenvalue weighted by Crippen LogP contribution is 2.16. The molecule has 0 fully saturated rings. The number of amides is 1. The Bertz CT molecular complexity index is 315. The van der Waals surface area contributed by atoms with Crippen LogP contribution in [-0.4, -0.2) is 5.91 Å². The quantitative estimate of drug-likeness (QED) is 0.733. The normalized spacial score (nSPS) is 10.4. The molecule has 1 rings (SSSR count). The van der Waals surface area contributed by atoms with Crippen LogP contribution in [0.1, 0.15) is 48.1 Å². The van der Waals surface area contributed by atoms with Crippen LogP contribution in [0.15, 0.2) is 10.5 Å². The van der Waals surface area contributed by atoms with E-state index >= 15 is 0 Å². The maximum absolute atomic E-state index is 10.9. The zero-order valence-electron chi connectivity index (χ0n) is 8.80. The Morgan fingerprint density at radius 2 is 2.21 bits per heavy atom. The number of unbranched alkanes of at least 4 members (excludes halogenated alkanes) is 2. The van der Waals surface area contributed by atoms with Crippen LogP contribution < -0.4 is 5.73 Å². The van der Waals surface area contributed by atoms with E-state index in [0.29, 0.717) is 5.76 Å². The van der Waals surface area contributed by atoms with Crippen molar-refractivity contribution >= 4 is 5.91 Å². The van der Waals surface area contributed by atoms with Crippen molar-refractivity contribution in [2.75, 3.05) is 0 Å². The Morgan fingerprint density at radius 1 is 1.50 bits per heavy atom. The predicted octanol–water partition coefficient (Wildman–Crippen LogP) is 2.42. The second-order valence-electron chi connectivity index (χ2n) is 3.55. The van der Waals surface area contributed by atoms with Gasteiger partial charge in [0.15, 0.2) is 5.76 Å². The Morgan fingerprint density at radius 3 is 2.71 bits per heavy atom. The molecule has 78 valence electrons. The first kappa shape index (κ1) is 10.8. The third-order valence-electron chi connectivity index (χ3n) is 2.22. The summed E-state index contributed by atoms with van der Waals surface area (Å²) in [5.41, 5.74) is 5.99. The van der Waals surface area contributed by atoms with Crippen LogP contribution in [-0.2, 0) is 6.42 Å². The first-order valence-corrected chi connectivity index (χ1v) is 5.04. The average Bonchev–Trinajstić information content (AvgIpc) is 2.47. The summed E-state index contributed by atoms with van der Waals surface area (Å²) in [6.07, 6.45) is 4.36. The smallest absolute Gasteiger partial charge is 0.284 e. The lowest BCUT2D eigenvalue weighted by molar-refractivity contribution is 0.0971. The van der Waals surface area contributed by atoms with Crippen molar-refractivity contribution in [2.24, 2.45) is 5.73 Å². The molecule has 2 N–H and O–H groups in total. The number of nitrogens with two attached hydrogens (primary N) is 1. The summed E-state index contributed by atoms with van der Waals surface area (Å²) >= 11 is 0. The van der Waals surface area contributed by atoms with Crippen molar-refractivity contribution in [3.05, 3.63) is 23.2 Å². The molecule has 1 amide bonds. The number of carbonyl (C=O) groups excluding carboxylic acids is 1. The number of aryl methyl sites for hydroxylation is 2. The minimum atomic E-state index is -0.482. The van der Waals surface area contributed by atoms with Crippen LogP contribution in [0.5, 0.6) is 0 Å². The van der Waals surface area contributed by atoms with Gasteiger partial charge in [0.25, 0.3) is 5.91 Å². The Kier molecular flexibility index (Phi) is 3.74. The average molecular weight is 195 g/mol. The Balaban J connectivity index is 2.62. The standard InChI is InChI=1S/C11H17NO2/c1-3-4-5-6-9-7-8(2)10(14-9)11(12)13/h7H,3-6H2,1-2H3,(H2,12,13). The highest BCUT2D eigenvalue weighted by atomic mass is 16.3. The number of rotatable bonds is 5. The number of furan rings is 1. The van der Waals surface area contributed by atoms with Gasteiger partial charge in [-0.1, -0.05) is 19.8 Å². The summed E-state index contributed by atoms with van der Waals surface area (Å²) in [4.78, 5) is 10.9. The fraction of sp³-hybridized carbons (Fsp3) is 0.545. The zero-order valence-corrected chi connectivity index (χ0v) is 8.80. The first-order chi connectivity index (χ1) is 6.65. The van der Waals surface area contributed by atoms with Crippen LogP contribution in [0, 0.1) is 6.92 Å². The Hall–Kier alpha value is -1.25. The predicted molar refractivity (Wildman–Crippen MR) is 55.2 cm³/mol. The van der Waals surface area contributed by atoms with Gasteiger partial charge in [-0.25, -0.2) is 0 Å². The van der Waals surface area contributed by atoms with Gasteiger partial charge in [0, 0.05) is 12.0 Å². The van der Waals surface area contributed by atoms with Gasteiger partial charge in [0.05, 0.1) is 0 Å². The molecule has 0 unspecified atom stereocenters. The molecule has 0 aliphatic rings. The molecule has 0 bridgehead atoms. The molecule has 0 aliphatic heterocycles. The summed E-state index contributed by atoms with van der Waals surface area (Å²) in [7, 11) is 0. The van der Waals surface area contributed by atoms with E-state index in [9.17, 15) is 4.79 Å². The van der Waals surface area contributed by atoms with Gasteiger partial charge in [-0.05, 0) is 19.4 Å². The highest BCUT2D eigenvalue weighted by molar-refractivity contribution is 5.91. The second-order valence-corrected chi connectivity index (χ2v) is 3.55. The summed E-state index contributed by atoms with van der Waals surface area (Å²) in [6, 6.07) is 1.90. The molecular weight excluding hydrogens is 178 g/mol. The van der Waals surface area contributed by atoms with E-state index in [-0.39, 0.29) is 0 Å². The number of carbonyl (C=O) groups is 1. The van der Waals surface area contributed by atoms with E-state index in [1.54, 1.807) is 0 Å². The molecule has 14 heavy (non-hydrogen) atoms. The molecule has 0 saturated carbocycles. The zero-order chi connectivity index (χ0) is 10.6. The van der Waals surface area contributed by atoms with Crippen molar-refractivity contribution in [1.29, 1.82) is 0 Å². The van der Waals surface area contributed by atoms with Crippen molar-refractivity contribution < 1.29 is 9.21 Å². The van der Waals surface area contributed by atoms with E-state index in [1.807, 2.05) is 13.0 Å². The molecule has 0 aliphatic carbocycles. The molecule has 3 nitrogen and oxygen atoms in total. The molecule has 0 radical (unpaired) electrons. The highest BCUT2D eigenvalue weighted by Gasteiger charge is 2.11. The summed E-state index contributed by atoms with van der Waals surface area (Å²) in [5, 5.41) is 0. The first-order valence-electron chi connectivity index (χ1n) is 5.04. The van der Waals surface area contributed by atoms with Gasteiger partial charge in [0.2, 0.25) is 0 Å². The monoisotopic (exact) mass is 195 g/mol. The molecule has 1 aromatic heterocycles. The maximum Gasteiger partial charge on any atom is 0.284 e. The van der Waals surface area contributed by atoms with Gasteiger partial charge in [0.1, 0.15) is 5.76 Å². The molecule has 1 aromatic rings. The lowest BCUT2D eigenvalue weighted by Crippen LogP contribution is -2.10. The summed E-state index contributed by atoms with van der Waals surface area (Å²) in [6.45, 7) is 4.00. The van der Waals surface area contributed by atoms with Crippen molar-refractivity contribution in [3.63, 3.8) is 0 Å². The third-order valence-corrected chi connectivity index (χ3v) is 2.22. The van der Waals surface area contributed by atoms with Gasteiger partial charge < -0.3 is 10.2 Å². The van der Waals surface area contributed by atoms with E-state index in [2.05, 4.69) is 6.92 Å². The minimum absolute atomic E-state index is 0.302. The number of hydrogen-bond acceptors (Lipinski definition) is 2. The van der Waals surface area contributed by atoms with Crippen LogP contribution in [0.25, 0.3) is 0 Å². The second kappa shape index (κ2) is 4.84. The molecule has 0 saturated heterocycles. The number of primary amides is 1. The van der Waals surface area contributed by atoms with Crippen molar-refractivity contribution in [3.8, 4) is 0 Å². The van der Waals surface area contributed by atoms with Crippen LogP contribution in [0.2, 0.25) is 0 Å². The van der Waals surface area contributed by atoms with E-state index in [4.69, 9.17) is 10.2 Å². The summed E-state index contributed by atoms with van der Waals surface area (Å²) in [5.74, 6) is 0.686. The SMILES string of the molecule is CCCCCc1cc(C)c(C(N)=O)o1. The van der Waals surface area contributed by atoms with E-state index in [0.717, 1.165) is 24.2 Å². The largest absolute Gasteiger partial charge is 0.456 e. The topological polar surface area (TPSA) is 56.2 Å². The van der Waals surface area contributed by atoms with Gasteiger partial charge >= 0.3 is 0 Å². The Labute approximate surface area is 84.3 Å². The molecule has 0 aromatic carbocycles. The van der Waals surface area contributed by atoms with E-state index in [1.165, 1.54) is 12.8 Å². The fourth-order valence-electron chi connectivity index (χ4n) is 1.47. The van der Waals surface area contributed by atoms with Crippen LogP contribution >= 0.6 is 0 Å². The fourth-order valence-corrected chi connectivity index (χ4v) is 1.47. The number of hydrogen-bond donors (Lipinski definition) is 1. The lowest BCUT2D eigenvalue weighted by atomic mass is 10.1. The third kappa shape index (κ3) is 2.62. The van der Waals surface area contributed by atoms with Crippen molar-refractivity contribution in [1.82, 2.24) is 0 Å². The minimum Gasteiger partial charge on any atom is -0.456 e. The van der Waals surface area contributed by atoms with Gasteiger partial charge in [-0.2, -0.15) is 0 Å². The van der Waals surface area contributed by atoms with Gasteiger partial charge in [-0.15, -0.1) is 0 Å². The van der Waals surface area contributed by atoms with Crippen molar-refractivity contribution in [2.45, 2.75) is 39.5 Å². The van der Waals surface area contributed by atoms with E-state index < -0.39 is 5.91 Å². The molecule has 3 heteroatoms. The maximum atomic E-state index is 10.9. The molecule has 0 spiro atoms.